The van der Waals surface area contributed by atoms with Crippen molar-refractivity contribution < 1.29 is 21.0 Å². The van der Waals surface area contributed by atoms with Gasteiger partial charge in [0, 0.05) is 44.8 Å². The molecule has 0 fully saturated rings. The van der Waals surface area contributed by atoms with Crippen LogP contribution in [0.25, 0.3) is 86.2 Å². The van der Waals surface area contributed by atoms with Crippen molar-refractivity contribution in [3.8, 4) is 0 Å². The summed E-state index contributed by atoms with van der Waals surface area (Å²) in [4.78, 5) is 18.7. The number of nitrogens with one attached hydrogen (secondary N) is 6. The summed E-state index contributed by atoms with van der Waals surface area (Å²) in [5, 5.41) is 33.2. The van der Waals surface area contributed by atoms with E-state index in [1.807, 2.05) is 0 Å². The van der Waals surface area contributed by atoms with Gasteiger partial charge in [0.1, 0.15) is 0 Å². The molecule has 0 amide bonds. The molecule has 0 saturated heterocycles. The van der Waals surface area contributed by atoms with Crippen LogP contribution in [0.4, 0.5) is 46.5 Å². The van der Waals surface area contributed by atoms with E-state index in [9.17, 15) is 0 Å². The van der Waals surface area contributed by atoms with E-state index in [1.54, 1.807) is 0 Å². The summed E-state index contributed by atoms with van der Waals surface area (Å²) in [5.41, 5.74) is 5.16. The minimum absolute atomic E-state index is 0.00119. The SMILES string of the molecule is CC(C)(C)c1ccc2cc3c4[n-]c(c3cc2c1)Nc1[nH]c(c2cc3cc(C(C)(C)C)ccc3cc12)Nc1[n-]c(c2cc3cc(C(C)(C)C)ccc3cc12)Nc1[nH]c(c2cc3cc(C(C)(C)C)ccc3cc12)N4.[O]=[V+2]. The molecular formula is C64H62N8OV. The standard InChI is InChI=1S/C64H62N8.O.V/c1-61(2,3)41-17-13-33-25-45-49(29-37(33)21-41)57-65-53(45)70-58-51-31-39-23-43(63(7,8)9)19-15-35(39)27-47(51)55(67-58)72-60-52-32-40-24-44(64(10,11)12)20-16-36(40)28-48(52)56(68-60)71-59-50-30-38-22-42(62(4,5)6)18-14-34(38)26-46(50)54(66-59)69-57;;/h13-32,65,68-72H,1-12H3;;/q-2;;+2. The Morgan fingerprint density at radius 1 is 0.284 bits per heavy atom. The maximum absolute atomic E-state index is 8.19. The molecule has 6 N–H and O–H groups in total. The zero-order valence-corrected chi connectivity index (χ0v) is 45.7. The van der Waals surface area contributed by atoms with Crippen molar-refractivity contribution in [2.24, 2.45) is 0 Å². The number of rotatable bonds is 0. The molecule has 8 bridgehead atoms. The Kier molecular flexibility index (Phi) is 10.6. The average Bonchev–Trinajstić information content (AvgIpc) is 4.07. The third-order valence-electron chi connectivity index (χ3n) is 15.4. The molecule has 5 heterocycles. The van der Waals surface area contributed by atoms with Gasteiger partial charge in [0.05, 0.1) is 23.3 Å². The van der Waals surface area contributed by atoms with Crippen molar-refractivity contribution >= 4 is 133 Å². The van der Waals surface area contributed by atoms with E-state index in [-0.39, 0.29) is 21.7 Å². The van der Waals surface area contributed by atoms with Crippen LogP contribution >= 0.6 is 0 Å². The Labute approximate surface area is 440 Å². The Balaban J connectivity index is 0.00000275. The molecule has 74 heavy (non-hydrogen) atoms. The van der Waals surface area contributed by atoms with Crippen LogP contribution in [0.3, 0.4) is 0 Å². The molecule has 4 aromatic heterocycles. The van der Waals surface area contributed by atoms with Gasteiger partial charge in [-0.25, -0.2) is 0 Å². The first kappa shape index (κ1) is 47.5. The normalized spacial score (nSPS) is 13.4. The van der Waals surface area contributed by atoms with E-state index in [0.29, 0.717) is 0 Å². The number of H-pyrrole nitrogens is 2. The first-order valence-corrected chi connectivity index (χ1v) is 26.2. The van der Waals surface area contributed by atoms with Crippen LogP contribution in [0.1, 0.15) is 105 Å². The van der Waals surface area contributed by atoms with Crippen molar-refractivity contribution in [3.05, 3.63) is 144 Å². The van der Waals surface area contributed by atoms with Crippen LogP contribution in [0.5, 0.6) is 0 Å². The Morgan fingerprint density at radius 2 is 0.486 bits per heavy atom. The van der Waals surface area contributed by atoms with Gasteiger partial charge in [0.2, 0.25) is 0 Å². The van der Waals surface area contributed by atoms with E-state index in [2.05, 4.69) is 236 Å². The number of hydrogen-bond acceptors (Lipinski definition) is 5. The Bertz CT molecular complexity index is 3740. The predicted molar refractivity (Wildman–Crippen MR) is 310 cm³/mol. The number of anilines is 8. The second-order valence-corrected chi connectivity index (χ2v) is 24.7. The molecule has 8 aromatic carbocycles. The molecule has 12 aromatic rings. The minimum atomic E-state index is -0.00242. The topological polar surface area (TPSA) is 125 Å². The van der Waals surface area contributed by atoms with Gasteiger partial charge in [0.15, 0.2) is 0 Å². The molecule has 0 unspecified atom stereocenters. The second kappa shape index (κ2) is 16.5. The fraction of sp³-hybridized carbons (Fsp3) is 0.250. The number of aromatic amines is 2. The molecule has 0 saturated carbocycles. The molecule has 0 atom stereocenters. The van der Waals surface area contributed by atoms with Crippen LogP contribution < -0.4 is 31.2 Å². The van der Waals surface area contributed by atoms with E-state index in [0.717, 1.165) is 118 Å². The van der Waals surface area contributed by atoms with E-state index in [4.69, 9.17) is 13.6 Å². The Hall–Kier alpha value is -7.46. The summed E-state index contributed by atoms with van der Waals surface area (Å²) in [7, 11) is 0. The maximum atomic E-state index is 8.19. The Morgan fingerprint density at radius 3 is 0.716 bits per heavy atom. The van der Waals surface area contributed by atoms with Gasteiger partial charge in [-0.3, -0.25) is 0 Å². The third-order valence-corrected chi connectivity index (χ3v) is 15.4. The van der Waals surface area contributed by atoms with Crippen molar-refractivity contribution in [2.75, 3.05) is 21.3 Å². The molecule has 0 spiro atoms. The summed E-state index contributed by atoms with van der Waals surface area (Å²) >= 11 is 1.06. The van der Waals surface area contributed by atoms with Crippen LogP contribution in [-0.4, -0.2) is 9.97 Å². The molecule has 9 nitrogen and oxygen atoms in total. The summed E-state index contributed by atoms with van der Waals surface area (Å²) in [5.74, 6) is 6.42. The van der Waals surface area contributed by atoms with Gasteiger partial charge in [-0.15, -0.1) is 0 Å². The zero-order chi connectivity index (χ0) is 52.0. The fourth-order valence-electron chi connectivity index (χ4n) is 10.9. The molecule has 0 aliphatic carbocycles. The van der Waals surface area contributed by atoms with E-state index in [1.165, 1.54) is 54.6 Å². The van der Waals surface area contributed by atoms with Gasteiger partial charge in [0.25, 0.3) is 0 Å². The fourth-order valence-corrected chi connectivity index (χ4v) is 10.9. The molecule has 1 aliphatic heterocycles. The summed E-state index contributed by atoms with van der Waals surface area (Å²) < 4.78 is 8.19. The van der Waals surface area contributed by atoms with Gasteiger partial charge >= 0.3 is 21.0 Å². The quantitative estimate of drug-likeness (QED) is 0.0894. The van der Waals surface area contributed by atoms with Gasteiger partial charge in [-0.2, -0.15) is 0 Å². The third kappa shape index (κ3) is 8.00. The first-order valence-electron chi connectivity index (χ1n) is 25.6. The number of aromatic nitrogens is 4. The van der Waals surface area contributed by atoms with Crippen LogP contribution in [-0.2, 0) is 42.7 Å². The molecule has 10 heteroatoms. The summed E-state index contributed by atoms with van der Waals surface area (Å²) in [6.45, 7) is 27.3. The van der Waals surface area contributed by atoms with Crippen molar-refractivity contribution in [2.45, 2.75) is 105 Å². The van der Waals surface area contributed by atoms with Crippen LogP contribution in [0.2, 0.25) is 0 Å². The molecular weight excluding hydrogens is 948 g/mol. The van der Waals surface area contributed by atoms with Gasteiger partial charge in [-0.1, -0.05) is 156 Å². The second-order valence-electron chi connectivity index (χ2n) is 24.7. The number of fused-ring (bicyclic) bond motifs is 24. The summed E-state index contributed by atoms with van der Waals surface area (Å²) in [6.07, 6.45) is 0. The van der Waals surface area contributed by atoms with E-state index < -0.39 is 0 Å². The van der Waals surface area contributed by atoms with E-state index >= 15 is 0 Å². The number of hydrogen-bond donors (Lipinski definition) is 6. The van der Waals surface area contributed by atoms with Crippen LogP contribution in [0, 0.1) is 0 Å². The predicted octanol–water partition coefficient (Wildman–Crippen LogP) is 17.8. The monoisotopic (exact) mass is 1010 g/mol. The first-order chi connectivity index (χ1) is 35.1. The average molecular weight is 1010 g/mol. The van der Waals surface area contributed by atoms with Gasteiger partial charge in [-0.05, 0) is 157 Å². The molecule has 1 aliphatic rings. The van der Waals surface area contributed by atoms with Crippen molar-refractivity contribution in [1.29, 1.82) is 0 Å². The van der Waals surface area contributed by atoms with Gasteiger partial charge < -0.3 is 41.2 Å². The molecule has 13 rings (SSSR count). The van der Waals surface area contributed by atoms with Crippen LogP contribution in [0.15, 0.2) is 121 Å². The number of nitrogens with zero attached hydrogens (tertiary/aromatic N) is 2. The summed E-state index contributed by atoms with van der Waals surface area (Å²) in [6, 6.07) is 45.9. The number of benzene rings is 8. The van der Waals surface area contributed by atoms with Crippen molar-refractivity contribution in [1.82, 2.24) is 19.9 Å². The molecule has 369 valence electrons. The van der Waals surface area contributed by atoms with Crippen molar-refractivity contribution in [3.63, 3.8) is 0 Å². The zero-order valence-electron chi connectivity index (χ0n) is 44.3. The molecule has 0 radical (unpaired) electrons.